The number of hydrogen-bond acceptors (Lipinski definition) is 10. The quantitative estimate of drug-likeness (QED) is 0.181. The number of carbonyl (C=O) groups is 5. The number of hydrogen-bond donors (Lipinski definition) is 0. The molecule has 1 saturated heterocycles. The monoisotopic (exact) mass is 555 g/mol. The van der Waals surface area contributed by atoms with Crippen molar-refractivity contribution in [2.24, 2.45) is 5.92 Å². The largest absolute Gasteiger partial charge is 0.463 e. The molecule has 5 atom stereocenters. The van der Waals surface area contributed by atoms with E-state index in [9.17, 15) is 24.0 Å². The van der Waals surface area contributed by atoms with Gasteiger partial charge in [0.05, 0.1) is 0 Å². The summed E-state index contributed by atoms with van der Waals surface area (Å²) < 4.78 is 29.3. The average Bonchev–Trinajstić information content (AvgIpc) is 2.96. The second-order valence-corrected chi connectivity index (χ2v) is 15.8. The van der Waals surface area contributed by atoms with Crippen molar-refractivity contribution in [1.29, 1.82) is 0 Å². The van der Waals surface area contributed by atoms with E-state index in [0.717, 1.165) is 18.7 Å². The van der Waals surface area contributed by atoms with Crippen LogP contribution in [-0.2, 0) is 47.3 Å². The number of imide groups is 1. The average molecular weight is 556 g/mol. The molecule has 38 heavy (non-hydrogen) atoms. The molecule has 0 bridgehead atoms. The highest BCUT2D eigenvalue weighted by Gasteiger charge is 2.59. The Hall–Kier alpha value is -2.57. The van der Waals surface area contributed by atoms with Gasteiger partial charge in [-0.15, -0.1) is 0 Å². The van der Waals surface area contributed by atoms with Gasteiger partial charge in [-0.2, -0.15) is 0 Å². The van der Waals surface area contributed by atoms with Gasteiger partial charge < -0.3 is 23.4 Å². The van der Waals surface area contributed by atoms with Gasteiger partial charge >= 0.3 is 17.9 Å². The standard InChI is InChI=1S/C26H41NO10Si/c1-13(2)26(8,9)38(10,11)37-25-20(27-23(31)14(3)15(4)24(27)32)22(35-18(7)30)21(34-17(6)29)19(36-25)12-33-16(5)28/h13,19-22,25H,12H2,1-11H3/t19-,20-,21-,22-,25+/m1/s1. The molecule has 0 aromatic heterocycles. The van der Waals surface area contributed by atoms with E-state index in [2.05, 4.69) is 27.7 Å². The SMILES string of the molecule is CC(=O)OC[C@H]1O[C@@H](O[Si](C)(C)C(C)(C)C(C)C)[C@H](N2C(=O)C(C)=C(C)C2=O)[C@@H](OC(C)=O)[C@@H]1OC(C)=O. The van der Waals surface area contributed by atoms with Crippen molar-refractivity contribution in [2.45, 2.75) is 111 Å². The van der Waals surface area contributed by atoms with Crippen LogP contribution in [0.4, 0.5) is 0 Å². The third-order valence-corrected chi connectivity index (χ3v) is 12.5. The zero-order valence-corrected chi connectivity index (χ0v) is 25.2. The van der Waals surface area contributed by atoms with Crippen LogP contribution in [0.1, 0.15) is 62.3 Å². The van der Waals surface area contributed by atoms with Gasteiger partial charge in [-0.1, -0.05) is 27.7 Å². The Morgan fingerprint density at radius 3 is 1.82 bits per heavy atom. The van der Waals surface area contributed by atoms with E-state index in [1.165, 1.54) is 20.8 Å². The first-order chi connectivity index (χ1) is 17.3. The maximum absolute atomic E-state index is 13.3. The van der Waals surface area contributed by atoms with E-state index >= 15 is 0 Å². The van der Waals surface area contributed by atoms with Crippen molar-refractivity contribution in [2.75, 3.05) is 6.61 Å². The highest BCUT2D eigenvalue weighted by molar-refractivity contribution is 6.74. The Balaban J connectivity index is 2.72. The van der Waals surface area contributed by atoms with Gasteiger partial charge in [0, 0.05) is 31.9 Å². The molecule has 214 valence electrons. The Bertz CT molecular complexity index is 993. The van der Waals surface area contributed by atoms with Crippen LogP contribution in [0.5, 0.6) is 0 Å². The molecule has 0 radical (unpaired) electrons. The van der Waals surface area contributed by atoms with Crippen molar-refractivity contribution in [3.05, 3.63) is 11.1 Å². The third kappa shape index (κ3) is 6.35. The molecule has 2 rings (SSSR count). The van der Waals surface area contributed by atoms with E-state index in [-0.39, 0.29) is 28.7 Å². The van der Waals surface area contributed by atoms with Gasteiger partial charge in [0.2, 0.25) is 0 Å². The van der Waals surface area contributed by atoms with Crippen molar-refractivity contribution in [3.63, 3.8) is 0 Å². The fourth-order valence-corrected chi connectivity index (χ4v) is 6.91. The number of carbonyl (C=O) groups excluding carboxylic acids is 5. The van der Waals surface area contributed by atoms with E-state index in [1.807, 2.05) is 13.1 Å². The Kier molecular flexibility index (Phi) is 9.71. The summed E-state index contributed by atoms with van der Waals surface area (Å²) in [7, 11) is -2.69. The van der Waals surface area contributed by atoms with Crippen molar-refractivity contribution >= 4 is 38.0 Å². The smallest absolute Gasteiger partial charge is 0.303 e. The fourth-order valence-electron chi connectivity index (χ4n) is 4.44. The minimum absolute atomic E-state index is 0.210. The molecule has 2 aliphatic heterocycles. The summed E-state index contributed by atoms with van der Waals surface area (Å²) in [5.74, 6) is -3.02. The summed E-state index contributed by atoms with van der Waals surface area (Å²) in [6.07, 6.45) is -5.03. The van der Waals surface area contributed by atoms with Gasteiger partial charge in [0.1, 0.15) is 18.8 Å². The maximum Gasteiger partial charge on any atom is 0.303 e. The van der Waals surface area contributed by atoms with Crippen molar-refractivity contribution < 1.29 is 47.3 Å². The molecule has 2 aliphatic rings. The molecule has 0 aromatic rings. The molecular weight excluding hydrogens is 514 g/mol. The van der Waals surface area contributed by atoms with Gasteiger partial charge in [0.25, 0.3) is 11.8 Å². The number of rotatable bonds is 9. The summed E-state index contributed by atoms with van der Waals surface area (Å²) in [6.45, 7) is 18.5. The van der Waals surface area contributed by atoms with Crippen LogP contribution >= 0.6 is 0 Å². The molecular formula is C26H41NO10Si. The van der Waals surface area contributed by atoms with E-state index in [0.29, 0.717) is 0 Å². The highest BCUT2D eigenvalue weighted by Crippen LogP contribution is 2.46. The summed E-state index contributed by atoms with van der Waals surface area (Å²) in [4.78, 5) is 63.6. The molecule has 2 amide bonds. The predicted octanol–water partition coefficient (Wildman–Crippen LogP) is 2.87. The van der Waals surface area contributed by atoms with Crippen LogP contribution in [0.3, 0.4) is 0 Å². The first-order valence-electron chi connectivity index (χ1n) is 12.7. The zero-order valence-electron chi connectivity index (χ0n) is 24.2. The lowest BCUT2D eigenvalue weighted by atomic mass is 9.95. The molecule has 11 nitrogen and oxygen atoms in total. The van der Waals surface area contributed by atoms with E-state index in [4.69, 9.17) is 23.4 Å². The van der Waals surface area contributed by atoms with Crippen LogP contribution in [0.25, 0.3) is 0 Å². The highest BCUT2D eigenvalue weighted by atomic mass is 28.4. The summed E-state index contributed by atoms with van der Waals surface area (Å²) in [5.41, 5.74) is 0.473. The predicted molar refractivity (Wildman–Crippen MR) is 138 cm³/mol. The third-order valence-electron chi connectivity index (χ3n) is 8.02. The minimum atomic E-state index is -2.69. The summed E-state index contributed by atoms with van der Waals surface area (Å²) in [6, 6.07) is -1.28. The molecule has 0 unspecified atom stereocenters. The fraction of sp³-hybridized carbons (Fsp3) is 0.731. The second-order valence-electron chi connectivity index (χ2n) is 11.2. The van der Waals surface area contributed by atoms with Crippen LogP contribution in [0.2, 0.25) is 18.1 Å². The lowest BCUT2D eigenvalue weighted by Gasteiger charge is -2.51. The van der Waals surface area contributed by atoms with Gasteiger partial charge in [-0.25, -0.2) is 0 Å². The van der Waals surface area contributed by atoms with Gasteiger partial charge in [0.15, 0.2) is 26.8 Å². The number of esters is 3. The molecule has 0 saturated carbocycles. The first kappa shape index (κ1) is 31.6. The van der Waals surface area contributed by atoms with E-state index < -0.39 is 68.7 Å². The molecule has 0 aromatic carbocycles. The van der Waals surface area contributed by atoms with Crippen LogP contribution < -0.4 is 0 Å². The van der Waals surface area contributed by atoms with Crippen LogP contribution in [0.15, 0.2) is 11.1 Å². The Morgan fingerprint density at radius 2 is 1.39 bits per heavy atom. The van der Waals surface area contributed by atoms with Crippen molar-refractivity contribution in [1.82, 2.24) is 4.90 Å². The molecule has 1 fully saturated rings. The topological polar surface area (TPSA) is 135 Å². The molecule has 0 spiro atoms. The van der Waals surface area contributed by atoms with Crippen LogP contribution in [-0.4, -0.2) is 80.2 Å². The van der Waals surface area contributed by atoms with Crippen molar-refractivity contribution in [3.8, 4) is 0 Å². The summed E-state index contributed by atoms with van der Waals surface area (Å²) in [5, 5.41) is -0.293. The lowest BCUT2D eigenvalue weighted by molar-refractivity contribution is -0.271. The molecule has 0 aliphatic carbocycles. The zero-order chi connectivity index (χ0) is 29.3. The first-order valence-corrected chi connectivity index (χ1v) is 15.6. The Morgan fingerprint density at radius 1 is 0.921 bits per heavy atom. The maximum atomic E-state index is 13.3. The molecule has 2 heterocycles. The number of amides is 2. The molecule has 0 N–H and O–H groups in total. The number of ether oxygens (including phenoxy) is 4. The lowest BCUT2D eigenvalue weighted by Crippen LogP contribution is -2.69. The summed E-state index contributed by atoms with van der Waals surface area (Å²) >= 11 is 0. The second kappa shape index (κ2) is 11.7. The van der Waals surface area contributed by atoms with Gasteiger partial charge in [-0.3, -0.25) is 28.9 Å². The van der Waals surface area contributed by atoms with Gasteiger partial charge in [-0.05, 0) is 37.9 Å². The van der Waals surface area contributed by atoms with Crippen LogP contribution in [0, 0.1) is 5.92 Å². The van der Waals surface area contributed by atoms with E-state index in [1.54, 1.807) is 0 Å². The minimum Gasteiger partial charge on any atom is -0.463 e. The number of nitrogens with zero attached hydrogens (tertiary/aromatic N) is 1. The molecule has 12 heteroatoms. The normalized spacial score (nSPS) is 26.6. The Labute approximate surface area is 225 Å².